The maximum Gasteiger partial charge on any atom is 0.259 e. The Morgan fingerprint density at radius 3 is 2.83 bits per heavy atom. The number of carbonyl (C=O) groups is 1. The highest BCUT2D eigenvalue weighted by Gasteiger charge is 2.10. The molecular formula is C12H9BrClN3O. The lowest BCUT2D eigenvalue weighted by atomic mass is 10.2. The number of rotatable bonds is 2. The highest BCUT2D eigenvalue weighted by molar-refractivity contribution is 9.10. The van der Waals surface area contributed by atoms with Gasteiger partial charge in [-0.15, -0.1) is 0 Å². The minimum absolute atomic E-state index is 0.197. The summed E-state index contributed by atoms with van der Waals surface area (Å²) < 4.78 is 0.709. The zero-order chi connectivity index (χ0) is 13.1. The summed E-state index contributed by atoms with van der Waals surface area (Å²) in [5.74, 6) is -0.113. The molecule has 1 amide bonds. The lowest BCUT2D eigenvalue weighted by Crippen LogP contribution is -2.14. The number of nitrogens with zero attached hydrogens (tertiary/aromatic N) is 1. The molecule has 92 valence electrons. The summed E-state index contributed by atoms with van der Waals surface area (Å²) in [6.07, 6.45) is 1.53. The van der Waals surface area contributed by atoms with Crippen molar-refractivity contribution in [3.63, 3.8) is 0 Å². The number of anilines is 2. The molecule has 0 unspecified atom stereocenters. The third-order valence-electron chi connectivity index (χ3n) is 2.26. The van der Waals surface area contributed by atoms with Crippen molar-refractivity contribution < 1.29 is 4.79 Å². The molecule has 1 aromatic heterocycles. The minimum Gasteiger partial charge on any atom is -0.383 e. The van der Waals surface area contributed by atoms with Gasteiger partial charge in [0.25, 0.3) is 5.91 Å². The van der Waals surface area contributed by atoms with Crippen LogP contribution in [0.3, 0.4) is 0 Å². The van der Waals surface area contributed by atoms with Crippen LogP contribution in [0.2, 0.25) is 5.02 Å². The first-order chi connectivity index (χ1) is 8.58. The Hall–Kier alpha value is -1.59. The summed E-state index contributed by atoms with van der Waals surface area (Å²) in [6.45, 7) is 0. The van der Waals surface area contributed by atoms with E-state index in [4.69, 9.17) is 17.3 Å². The second kappa shape index (κ2) is 5.37. The molecule has 0 saturated carbocycles. The molecule has 4 nitrogen and oxygen atoms in total. The van der Waals surface area contributed by atoms with E-state index in [0.29, 0.717) is 20.7 Å². The summed E-state index contributed by atoms with van der Waals surface area (Å²) >= 11 is 9.16. The first-order valence-corrected chi connectivity index (χ1v) is 6.22. The molecule has 1 aromatic carbocycles. The van der Waals surface area contributed by atoms with Crippen molar-refractivity contribution in [3.8, 4) is 0 Å². The molecule has 0 fully saturated rings. The van der Waals surface area contributed by atoms with E-state index < -0.39 is 0 Å². The second-order valence-corrected chi connectivity index (χ2v) is 4.78. The van der Waals surface area contributed by atoms with Gasteiger partial charge in [0, 0.05) is 16.4 Å². The smallest absolute Gasteiger partial charge is 0.259 e. The monoisotopic (exact) mass is 325 g/mol. The molecule has 18 heavy (non-hydrogen) atoms. The predicted octanol–water partition coefficient (Wildman–Crippen LogP) is 3.33. The average Bonchev–Trinajstić information content (AvgIpc) is 2.34. The largest absolute Gasteiger partial charge is 0.383 e. The van der Waals surface area contributed by atoms with Gasteiger partial charge < -0.3 is 11.1 Å². The van der Waals surface area contributed by atoms with Crippen LogP contribution in [0.1, 0.15) is 10.4 Å². The van der Waals surface area contributed by atoms with Crippen LogP contribution in [0.15, 0.2) is 41.0 Å². The molecule has 6 heteroatoms. The Balaban J connectivity index is 2.22. The lowest BCUT2D eigenvalue weighted by Gasteiger charge is -2.07. The van der Waals surface area contributed by atoms with Gasteiger partial charge in [0.2, 0.25) is 0 Å². The third-order valence-corrected chi connectivity index (χ3v) is 3.47. The number of nitrogens with two attached hydrogens (primary N) is 1. The van der Waals surface area contributed by atoms with Gasteiger partial charge in [0.05, 0.1) is 10.6 Å². The zero-order valence-electron chi connectivity index (χ0n) is 9.15. The van der Waals surface area contributed by atoms with Crippen LogP contribution in [0.5, 0.6) is 0 Å². The molecule has 0 aliphatic rings. The third kappa shape index (κ3) is 2.80. The van der Waals surface area contributed by atoms with Gasteiger partial charge in [-0.1, -0.05) is 11.6 Å². The fourth-order valence-electron chi connectivity index (χ4n) is 1.38. The molecule has 0 spiro atoms. The molecule has 2 aromatic rings. The van der Waals surface area contributed by atoms with E-state index in [1.165, 1.54) is 6.20 Å². The van der Waals surface area contributed by atoms with Crippen LogP contribution >= 0.6 is 27.5 Å². The summed E-state index contributed by atoms with van der Waals surface area (Å²) in [6, 6.07) is 8.38. The maximum atomic E-state index is 12.0. The molecule has 1 heterocycles. The lowest BCUT2D eigenvalue weighted by molar-refractivity contribution is 0.102. The van der Waals surface area contributed by atoms with Gasteiger partial charge in [-0.3, -0.25) is 4.79 Å². The van der Waals surface area contributed by atoms with Gasteiger partial charge in [-0.25, -0.2) is 4.98 Å². The van der Waals surface area contributed by atoms with Crippen LogP contribution in [-0.2, 0) is 0 Å². The van der Waals surface area contributed by atoms with Gasteiger partial charge in [0.1, 0.15) is 5.82 Å². The van der Waals surface area contributed by atoms with Crippen molar-refractivity contribution in [1.29, 1.82) is 0 Å². The van der Waals surface area contributed by atoms with Gasteiger partial charge in [-0.05, 0) is 46.3 Å². The van der Waals surface area contributed by atoms with E-state index in [9.17, 15) is 4.79 Å². The van der Waals surface area contributed by atoms with Crippen LogP contribution in [0.4, 0.5) is 11.5 Å². The summed E-state index contributed by atoms with van der Waals surface area (Å²) in [4.78, 5) is 15.8. The highest BCUT2D eigenvalue weighted by atomic mass is 79.9. The number of nitrogen functional groups attached to an aromatic ring is 1. The Bertz CT molecular complexity index is 604. The van der Waals surface area contributed by atoms with E-state index in [-0.39, 0.29) is 11.7 Å². The van der Waals surface area contributed by atoms with Crippen molar-refractivity contribution in [3.05, 3.63) is 51.6 Å². The number of nitrogens with one attached hydrogen (secondary N) is 1. The topological polar surface area (TPSA) is 68.0 Å². The van der Waals surface area contributed by atoms with Gasteiger partial charge in [0.15, 0.2) is 0 Å². The Morgan fingerprint density at radius 1 is 1.39 bits per heavy atom. The van der Waals surface area contributed by atoms with E-state index in [1.807, 2.05) is 0 Å². The van der Waals surface area contributed by atoms with Crippen LogP contribution in [-0.4, -0.2) is 10.9 Å². The maximum absolute atomic E-state index is 12.0. The zero-order valence-corrected chi connectivity index (χ0v) is 11.5. The molecular weight excluding hydrogens is 318 g/mol. The van der Waals surface area contributed by atoms with E-state index >= 15 is 0 Å². The predicted molar refractivity (Wildman–Crippen MR) is 75.8 cm³/mol. The van der Waals surface area contributed by atoms with E-state index in [0.717, 1.165) is 0 Å². The van der Waals surface area contributed by atoms with Crippen molar-refractivity contribution in [2.75, 3.05) is 11.1 Å². The Labute approximate surface area is 117 Å². The number of hydrogen-bond acceptors (Lipinski definition) is 3. The molecule has 0 aliphatic carbocycles. The number of benzene rings is 1. The first-order valence-electron chi connectivity index (χ1n) is 5.05. The number of pyridine rings is 1. The number of aromatic nitrogens is 1. The molecule has 3 N–H and O–H groups in total. The van der Waals surface area contributed by atoms with E-state index in [2.05, 4.69) is 26.2 Å². The fraction of sp³-hybridized carbons (Fsp3) is 0. The number of carbonyl (C=O) groups excluding carboxylic acids is 1. The second-order valence-electron chi connectivity index (χ2n) is 3.52. The number of amides is 1. The van der Waals surface area contributed by atoms with Crippen molar-refractivity contribution in [1.82, 2.24) is 4.98 Å². The van der Waals surface area contributed by atoms with Crippen molar-refractivity contribution in [2.45, 2.75) is 0 Å². The van der Waals surface area contributed by atoms with Crippen LogP contribution in [0, 0.1) is 0 Å². The molecule has 0 bridgehead atoms. The molecule has 0 atom stereocenters. The van der Waals surface area contributed by atoms with Crippen molar-refractivity contribution >= 4 is 44.9 Å². The number of hydrogen-bond donors (Lipinski definition) is 2. The summed E-state index contributed by atoms with van der Waals surface area (Å²) in [5.41, 5.74) is 6.59. The SMILES string of the molecule is Nc1ncccc1C(=O)Nc1ccc(Cl)c(Br)c1. The minimum atomic E-state index is -0.310. The van der Waals surface area contributed by atoms with Crippen LogP contribution < -0.4 is 11.1 Å². The molecule has 0 aliphatic heterocycles. The Kier molecular flexibility index (Phi) is 3.84. The van der Waals surface area contributed by atoms with Crippen LogP contribution in [0.25, 0.3) is 0 Å². The number of halogens is 2. The van der Waals surface area contributed by atoms with Gasteiger partial charge in [-0.2, -0.15) is 0 Å². The highest BCUT2D eigenvalue weighted by Crippen LogP contribution is 2.25. The fourth-order valence-corrected chi connectivity index (χ4v) is 1.88. The first kappa shape index (κ1) is 12.9. The summed E-state index contributed by atoms with van der Waals surface area (Å²) in [7, 11) is 0. The summed E-state index contributed by atoms with van der Waals surface area (Å²) in [5, 5.41) is 3.30. The van der Waals surface area contributed by atoms with Crippen molar-refractivity contribution in [2.24, 2.45) is 0 Å². The quantitative estimate of drug-likeness (QED) is 0.889. The van der Waals surface area contributed by atoms with E-state index in [1.54, 1.807) is 30.3 Å². The molecule has 0 radical (unpaired) electrons. The molecule has 0 saturated heterocycles. The van der Waals surface area contributed by atoms with Gasteiger partial charge >= 0.3 is 0 Å². The normalized spacial score (nSPS) is 10.1. The average molecular weight is 327 g/mol. The standard InChI is InChI=1S/C12H9BrClN3O/c13-9-6-7(3-4-10(9)14)17-12(18)8-2-1-5-16-11(8)15/h1-6H,(H2,15,16)(H,17,18). The molecule has 2 rings (SSSR count). The Morgan fingerprint density at radius 2 is 2.17 bits per heavy atom.